The number of primary amides is 1. The predicted octanol–water partition coefficient (Wildman–Crippen LogP) is 3.79. The van der Waals surface area contributed by atoms with Gasteiger partial charge in [0.15, 0.2) is 0 Å². The van der Waals surface area contributed by atoms with Crippen LogP contribution in [0.25, 0.3) is 16.8 Å². The van der Waals surface area contributed by atoms with Crippen molar-refractivity contribution >= 4 is 11.5 Å². The van der Waals surface area contributed by atoms with Gasteiger partial charge in [0.05, 0.1) is 11.3 Å². The minimum atomic E-state index is -0.441. The zero-order valence-electron chi connectivity index (χ0n) is 13.1. The predicted molar refractivity (Wildman–Crippen MR) is 90.2 cm³/mol. The number of nitrogens with one attached hydrogen (secondary N) is 1. The maximum atomic E-state index is 11.8. The molecule has 0 fully saturated rings. The van der Waals surface area contributed by atoms with Crippen LogP contribution in [0, 0.1) is 5.92 Å². The molecule has 2 heterocycles. The Morgan fingerprint density at radius 3 is 2.55 bits per heavy atom. The lowest BCUT2D eigenvalue weighted by Crippen LogP contribution is -2.12. The highest BCUT2D eigenvalue weighted by molar-refractivity contribution is 6.00. The van der Waals surface area contributed by atoms with Gasteiger partial charge in [-0.15, -0.1) is 0 Å². The summed E-state index contributed by atoms with van der Waals surface area (Å²) in [5, 5.41) is 0. The summed E-state index contributed by atoms with van der Waals surface area (Å²) < 4.78 is 0. The van der Waals surface area contributed by atoms with Crippen LogP contribution in [0.15, 0.2) is 48.8 Å². The van der Waals surface area contributed by atoms with E-state index in [0.717, 1.165) is 22.5 Å². The second-order valence-corrected chi connectivity index (χ2v) is 5.42. The van der Waals surface area contributed by atoms with Gasteiger partial charge in [-0.05, 0) is 36.6 Å². The number of aromatic nitrogens is 2. The summed E-state index contributed by atoms with van der Waals surface area (Å²) in [6.45, 7) is 6.16. The first kappa shape index (κ1) is 15.8. The zero-order chi connectivity index (χ0) is 16.1. The lowest BCUT2D eigenvalue weighted by atomic mass is 10.1. The molecule has 3 N–H and O–H groups in total. The molecule has 2 rings (SSSR count). The maximum absolute atomic E-state index is 11.8. The van der Waals surface area contributed by atoms with E-state index in [1.807, 2.05) is 31.2 Å². The first-order valence-corrected chi connectivity index (χ1v) is 7.31. The second-order valence-electron chi connectivity index (χ2n) is 5.42. The highest BCUT2D eigenvalue weighted by atomic mass is 16.1. The Labute approximate surface area is 130 Å². The number of nitrogens with zero attached hydrogens (tertiary/aromatic N) is 1. The molecule has 0 aromatic carbocycles. The van der Waals surface area contributed by atoms with Gasteiger partial charge in [0.1, 0.15) is 0 Å². The van der Waals surface area contributed by atoms with Crippen LogP contribution < -0.4 is 5.73 Å². The third kappa shape index (κ3) is 3.52. The molecule has 0 radical (unpaired) electrons. The number of aromatic amines is 1. The molecule has 0 spiro atoms. The molecule has 4 nitrogen and oxygen atoms in total. The van der Waals surface area contributed by atoms with Crippen molar-refractivity contribution in [1.29, 1.82) is 0 Å². The molecule has 22 heavy (non-hydrogen) atoms. The minimum Gasteiger partial charge on any atom is -0.366 e. The molecule has 2 aromatic heterocycles. The molecule has 0 bridgehead atoms. The molecular formula is C18H21N3O. The molecule has 0 aliphatic carbocycles. The number of pyridine rings is 1. The summed E-state index contributed by atoms with van der Waals surface area (Å²) in [6.07, 6.45) is 9.50. The summed E-state index contributed by atoms with van der Waals surface area (Å²) >= 11 is 0. The average Bonchev–Trinajstić information content (AvgIpc) is 2.94. The SMILES string of the molecule is C/C=C(\C=C/C(C)C)c1[nH]c(-c2ccncc2)cc1C(N)=O. The van der Waals surface area contributed by atoms with Gasteiger partial charge in [-0.2, -0.15) is 0 Å². The van der Waals surface area contributed by atoms with E-state index in [2.05, 4.69) is 29.9 Å². The summed E-state index contributed by atoms with van der Waals surface area (Å²) in [7, 11) is 0. The lowest BCUT2D eigenvalue weighted by Gasteiger charge is -2.03. The van der Waals surface area contributed by atoms with E-state index >= 15 is 0 Å². The van der Waals surface area contributed by atoms with Gasteiger partial charge >= 0.3 is 0 Å². The van der Waals surface area contributed by atoms with Crippen LogP contribution in [0.3, 0.4) is 0 Å². The first-order chi connectivity index (χ1) is 10.5. The second kappa shape index (κ2) is 6.89. The van der Waals surface area contributed by atoms with Crippen molar-refractivity contribution in [2.75, 3.05) is 0 Å². The summed E-state index contributed by atoms with van der Waals surface area (Å²) in [6, 6.07) is 5.57. The van der Waals surface area contributed by atoms with E-state index in [9.17, 15) is 4.79 Å². The number of hydrogen-bond donors (Lipinski definition) is 2. The molecule has 0 saturated carbocycles. The Hall–Kier alpha value is -2.62. The fourth-order valence-corrected chi connectivity index (χ4v) is 2.18. The number of amides is 1. The van der Waals surface area contributed by atoms with E-state index in [4.69, 9.17) is 5.73 Å². The highest BCUT2D eigenvalue weighted by Gasteiger charge is 2.15. The first-order valence-electron chi connectivity index (χ1n) is 7.31. The summed E-state index contributed by atoms with van der Waals surface area (Å²) in [5.41, 5.74) is 9.54. The molecule has 0 aliphatic heterocycles. The third-order valence-corrected chi connectivity index (χ3v) is 3.33. The van der Waals surface area contributed by atoms with E-state index in [1.54, 1.807) is 18.5 Å². The van der Waals surface area contributed by atoms with Crippen LogP contribution >= 0.6 is 0 Å². The van der Waals surface area contributed by atoms with E-state index in [-0.39, 0.29) is 0 Å². The number of allylic oxidation sites excluding steroid dienone is 4. The van der Waals surface area contributed by atoms with Gasteiger partial charge in [0.25, 0.3) is 5.91 Å². The summed E-state index contributed by atoms with van der Waals surface area (Å²) in [5.74, 6) is -0.00883. The monoisotopic (exact) mass is 295 g/mol. The van der Waals surface area contributed by atoms with Crippen LogP contribution in [0.1, 0.15) is 36.8 Å². The Kier molecular flexibility index (Phi) is 4.94. The van der Waals surface area contributed by atoms with Crippen molar-refractivity contribution in [2.24, 2.45) is 11.7 Å². The lowest BCUT2D eigenvalue weighted by molar-refractivity contribution is 0.1000. The molecule has 114 valence electrons. The van der Waals surface area contributed by atoms with Crippen molar-refractivity contribution in [3.05, 3.63) is 60.1 Å². The van der Waals surface area contributed by atoms with E-state index < -0.39 is 5.91 Å². The highest BCUT2D eigenvalue weighted by Crippen LogP contribution is 2.26. The third-order valence-electron chi connectivity index (χ3n) is 3.33. The van der Waals surface area contributed by atoms with Gasteiger partial charge in [0.2, 0.25) is 0 Å². The Bertz CT molecular complexity index is 709. The van der Waals surface area contributed by atoms with Gasteiger partial charge in [-0.1, -0.05) is 32.1 Å². The molecule has 4 heteroatoms. The fourth-order valence-electron chi connectivity index (χ4n) is 2.18. The van der Waals surface area contributed by atoms with E-state index in [0.29, 0.717) is 11.5 Å². The molecule has 0 aliphatic rings. The molecule has 2 aromatic rings. The standard InChI is InChI=1S/C18H21N3O/c1-4-13(6-5-12(2)3)17-15(18(19)22)11-16(21-17)14-7-9-20-10-8-14/h4-12,21H,1-3H3,(H2,19,22)/b6-5-,13-4+. The van der Waals surface area contributed by atoms with Crippen molar-refractivity contribution in [3.63, 3.8) is 0 Å². The number of H-pyrrole nitrogens is 1. The van der Waals surface area contributed by atoms with Crippen LogP contribution in [0.4, 0.5) is 0 Å². The topological polar surface area (TPSA) is 71.8 Å². The van der Waals surface area contributed by atoms with Crippen LogP contribution in [-0.2, 0) is 0 Å². The quantitative estimate of drug-likeness (QED) is 0.824. The number of carbonyl (C=O) groups excluding carboxylic acids is 1. The normalized spacial score (nSPS) is 12.3. The largest absolute Gasteiger partial charge is 0.366 e. The minimum absolute atomic E-state index is 0.432. The average molecular weight is 295 g/mol. The zero-order valence-corrected chi connectivity index (χ0v) is 13.1. The van der Waals surface area contributed by atoms with Crippen LogP contribution in [-0.4, -0.2) is 15.9 Å². The number of hydrogen-bond acceptors (Lipinski definition) is 2. The van der Waals surface area contributed by atoms with E-state index in [1.165, 1.54) is 0 Å². The fraction of sp³-hybridized carbons (Fsp3) is 0.222. The molecule has 0 saturated heterocycles. The van der Waals surface area contributed by atoms with Crippen molar-refractivity contribution in [2.45, 2.75) is 20.8 Å². The Morgan fingerprint density at radius 1 is 1.32 bits per heavy atom. The van der Waals surface area contributed by atoms with Crippen molar-refractivity contribution in [3.8, 4) is 11.3 Å². The van der Waals surface area contributed by atoms with Gasteiger partial charge in [-0.25, -0.2) is 0 Å². The maximum Gasteiger partial charge on any atom is 0.250 e. The molecular weight excluding hydrogens is 274 g/mol. The number of nitrogens with two attached hydrogens (primary N) is 1. The van der Waals surface area contributed by atoms with Crippen molar-refractivity contribution < 1.29 is 4.79 Å². The Balaban J connectivity index is 2.51. The van der Waals surface area contributed by atoms with Crippen LogP contribution in [0.2, 0.25) is 0 Å². The van der Waals surface area contributed by atoms with Crippen LogP contribution in [0.5, 0.6) is 0 Å². The Morgan fingerprint density at radius 2 is 2.00 bits per heavy atom. The smallest absolute Gasteiger partial charge is 0.250 e. The van der Waals surface area contributed by atoms with Crippen molar-refractivity contribution in [1.82, 2.24) is 9.97 Å². The number of carbonyl (C=O) groups is 1. The summed E-state index contributed by atoms with van der Waals surface area (Å²) in [4.78, 5) is 19.1. The molecule has 1 amide bonds. The van der Waals surface area contributed by atoms with Gasteiger partial charge in [-0.3, -0.25) is 9.78 Å². The van der Waals surface area contributed by atoms with Gasteiger partial charge < -0.3 is 10.7 Å². The number of rotatable bonds is 5. The molecule has 0 atom stereocenters. The molecule has 0 unspecified atom stereocenters. The van der Waals surface area contributed by atoms with Gasteiger partial charge in [0, 0.05) is 23.7 Å².